The van der Waals surface area contributed by atoms with E-state index in [1.165, 1.54) is 0 Å². The van der Waals surface area contributed by atoms with Crippen molar-refractivity contribution in [3.63, 3.8) is 0 Å². The maximum absolute atomic E-state index is 5.52. The number of hydrogen-bond donors (Lipinski definition) is 1. The van der Waals surface area contributed by atoms with Gasteiger partial charge in [0.1, 0.15) is 6.10 Å². The van der Waals surface area contributed by atoms with Gasteiger partial charge in [-0.3, -0.25) is 0 Å². The first-order valence-corrected chi connectivity index (χ1v) is 5.88. The van der Waals surface area contributed by atoms with Crippen LogP contribution in [0.2, 0.25) is 0 Å². The summed E-state index contributed by atoms with van der Waals surface area (Å²) in [6.45, 7) is 7.31. The molecular formula is C11H21N3O2. The summed E-state index contributed by atoms with van der Waals surface area (Å²) in [5, 5.41) is 3.96. The molecule has 0 aromatic carbocycles. The third kappa shape index (κ3) is 3.28. The fourth-order valence-electron chi connectivity index (χ4n) is 1.53. The van der Waals surface area contributed by atoms with Gasteiger partial charge < -0.3 is 15.0 Å². The normalized spacial score (nSPS) is 15.0. The molecule has 0 saturated carbocycles. The first kappa shape index (κ1) is 13.1. The molecule has 1 aromatic heterocycles. The number of aromatic nitrogens is 2. The lowest BCUT2D eigenvalue weighted by atomic mass is 10.1. The van der Waals surface area contributed by atoms with Crippen LogP contribution in [0.1, 0.15) is 57.3 Å². The number of nitrogens with zero attached hydrogens (tertiary/aromatic N) is 2. The van der Waals surface area contributed by atoms with Gasteiger partial charge in [0.2, 0.25) is 11.7 Å². The summed E-state index contributed by atoms with van der Waals surface area (Å²) < 4.78 is 10.7. The largest absolute Gasteiger partial charge is 0.370 e. The van der Waals surface area contributed by atoms with Crippen molar-refractivity contribution in [1.82, 2.24) is 10.1 Å². The van der Waals surface area contributed by atoms with E-state index in [0.717, 1.165) is 12.8 Å². The van der Waals surface area contributed by atoms with Crippen LogP contribution >= 0.6 is 0 Å². The smallest absolute Gasteiger partial charge is 0.229 e. The Balaban J connectivity index is 2.68. The van der Waals surface area contributed by atoms with E-state index >= 15 is 0 Å². The standard InChI is InChI=1S/C11H21N3O2/c1-4-9(15-5-2)10-13-11(16-14-10)8(3)6-7-12/h8-9H,4-7,12H2,1-3H3. The van der Waals surface area contributed by atoms with Crippen LogP contribution in [0, 0.1) is 0 Å². The Bertz CT molecular complexity index is 301. The Morgan fingerprint density at radius 2 is 2.19 bits per heavy atom. The van der Waals surface area contributed by atoms with Gasteiger partial charge in [0.25, 0.3) is 0 Å². The van der Waals surface area contributed by atoms with Gasteiger partial charge in [-0.05, 0) is 26.3 Å². The molecule has 0 aliphatic rings. The van der Waals surface area contributed by atoms with Gasteiger partial charge in [0.15, 0.2) is 0 Å². The molecule has 0 aliphatic carbocycles. The molecule has 1 aromatic rings. The van der Waals surface area contributed by atoms with Gasteiger partial charge in [-0.25, -0.2) is 0 Å². The van der Waals surface area contributed by atoms with Crippen LogP contribution in [0.3, 0.4) is 0 Å². The predicted molar refractivity (Wildman–Crippen MR) is 61.0 cm³/mol. The Hall–Kier alpha value is -0.940. The summed E-state index contributed by atoms with van der Waals surface area (Å²) in [7, 11) is 0. The summed E-state index contributed by atoms with van der Waals surface area (Å²) in [6.07, 6.45) is 1.64. The summed E-state index contributed by atoms with van der Waals surface area (Å²) in [5.74, 6) is 1.51. The predicted octanol–water partition coefficient (Wildman–Crippen LogP) is 2.01. The molecule has 0 bridgehead atoms. The van der Waals surface area contributed by atoms with Crippen molar-refractivity contribution in [3.05, 3.63) is 11.7 Å². The molecule has 0 aliphatic heterocycles. The topological polar surface area (TPSA) is 74.2 Å². The second kappa shape index (κ2) is 6.60. The molecule has 5 nitrogen and oxygen atoms in total. The SMILES string of the molecule is CCOC(CC)c1noc(C(C)CCN)n1. The van der Waals surface area contributed by atoms with Gasteiger partial charge >= 0.3 is 0 Å². The lowest BCUT2D eigenvalue weighted by molar-refractivity contribution is 0.0518. The van der Waals surface area contributed by atoms with Crippen LogP contribution < -0.4 is 5.73 Å². The summed E-state index contributed by atoms with van der Waals surface area (Å²) in [4.78, 5) is 4.36. The van der Waals surface area contributed by atoms with E-state index in [0.29, 0.717) is 24.9 Å². The van der Waals surface area contributed by atoms with Gasteiger partial charge in [0.05, 0.1) is 0 Å². The van der Waals surface area contributed by atoms with Crippen LogP contribution in [0.4, 0.5) is 0 Å². The van der Waals surface area contributed by atoms with Gasteiger partial charge in [-0.1, -0.05) is 19.0 Å². The minimum absolute atomic E-state index is 0.0624. The summed E-state index contributed by atoms with van der Waals surface area (Å²) in [5.41, 5.74) is 5.49. The van der Waals surface area contributed by atoms with E-state index < -0.39 is 0 Å². The Kier molecular flexibility index (Phi) is 5.42. The first-order chi connectivity index (χ1) is 7.72. The third-order valence-corrected chi connectivity index (χ3v) is 2.51. The number of rotatable bonds is 7. The quantitative estimate of drug-likeness (QED) is 0.771. The molecule has 2 atom stereocenters. The Morgan fingerprint density at radius 3 is 2.75 bits per heavy atom. The first-order valence-electron chi connectivity index (χ1n) is 5.88. The van der Waals surface area contributed by atoms with Crippen LogP contribution in [0.5, 0.6) is 0 Å². The highest BCUT2D eigenvalue weighted by Gasteiger charge is 2.19. The molecule has 92 valence electrons. The van der Waals surface area contributed by atoms with Gasteiger partial charge in [-0.2, -0.15) is 4.98 Å². The molecule has 0 radical (unpaired) electrons. The molecule has 1 rings (SSSR count). The number of hydrogen-bond acceptors (Lipinski definition) is 5. The average molecular weight is 227 g/mol. The lowest BCUT2D eigenvalue weighted by Gasteiger charge is -2.09. The Morgan fingerprint density at radius 1 is 1.44 bits per heavy atom. The zero-order valence-electron chi connectivity index (χ0n) is 10.3. The fourth-order valence-corrected chi connectivity index (χ4v) is 1.53. The summed E-state index contributed by atoms with van der Waals surface area (Å²) >= 11 is 0. The van der Waals surface area contributed by atoms with Gasteiger partial charge in [0, 0.05) is 12.5 Å². The molecule has 5 heteroatoms. The molecule has 0 amide bonds. The molecule has 0 fully saturated rings. The highest BCUT2D eigenvalue weighted by molar-refractivity contribution is 4.95. The van der Waals surface area contributed by atoms with Crippen LogP contribution in [-0.4, -0.2) is 23.3 Å². The van der Waals surface area contributed by atoms with E-state index in [1.807, 2.05) is 20.8 Å². The highest BCUT2D eigenvalue weighted by atomic mass is 16.5. The van der Waals surface area contributed by atoms with Crippen molar-refractivity contribution < 1.29 is 9.26 Å². The number of nitrogens with two attached hydrogens (primary N) is 1. The van der Waals surface area contributed by atoms with E-state index in [2.05, 4.69) is 10.1 Å². The molecule has 16 heavy (non-hydrogen) atoms. The van der Waals surface area contributed by atoms with Crippen LogP contribution in [-0.2, 0) is 4.74 Å². The minimum Gasteiger partial charge on any atom is -0.370 e. The van der Waals surface area contributed by atoms with E-state index in [4.69, 9.17) is 15.0 Å². The lowest BCUT2D eigenvalue weighted by Crippen LogP contribution is -2.07. The van der Waals surface area contributed by atoms with Crippen molar-refractivity contribution in [1.29, 1.82) is 0 Å². The van der Waals surface area contributed by atoms with Crippen molar-refractivity contribution in [2.75, 3.05) is 13.2 Å². The van der Waals surface area contributed by atoms with E-state index in [9.17, 15) is 0 Å². The summed E-state index contributed by atoms with van der Waals surface area (Å²) in [6, 6.07) is 0. The molecule has 0 spiro atoms. The number of ether oxygens (including phenoxy) is 1. The highest BCUT2D eigenvalue weighted by Crippen LogP contribution is 2.21. The average Bonchev–Trinajstić information content (AvgIpc) is 2.75. The van der Waals surface area contributed by atoms with E-state index in [1.54, 1.807) is 0 Å². The Labute approximate surface area is 96.4 Å². The molecule has 0 saturated heterocycles. The molecule has 2 unspecified atom stereocenters. The zero-order chi connectivity index (χ0) is 12.0. The maximum atomic E-state index is 5.52. The second-order valence-electron chi connectivity index (χ2n) is 3.82. The fraction of sp³-hybridized carbons (Fsp3) is 0.818. The molecule has 2 N–H and O–H groups in total. The van der Waals surface area contributed by atoms with Crippen LogP contribution in [0.25, 0.3) is 0 Å². The van der Waals surface area contributed by atoms with Crippen molar-refractivity contribution in [3.8, 4) is 0 Å². The van der Waals surface area contributed by atoms with E-state index in [-0.39, 0.29) is 12.0 Å². The van der Waals surface area contributed by atoms with Crippen molar-refractivity contribution in [2.24, 2.45) is 5.73 Å². The zero-order valence-corrected chi connectivity index (χ0v) is 10.3. The maximum Gasteiger partial charge on any atom is 0.229 e. The second-order valence-corrected chi connectivity index (χ2v) is 3.82. The van der Waals surface area contributed by atoms with Gasteiger partial charge in [-0.15, -0.1) is 0 Å². The molecular weight excluding hydrogens is 206 g/mol. The molecule has 1 heterocycles. The monoisotopic (exact) mass is 227 g/mol. The third-order valence-electron chi connectivity index (χ3n) is 2.51. The minimum atomic E-state index is -0.0624. The van der Waals surface area contributed by atoms with Crippen LogP contribution in [0.15, 0.2) is 4.52 Å². The van der Waals surface area contributed by atoms with Crippen molar-refractivity contribution in [2.45, 2.75) is 45.6 Å². The van der Waals surface area contributed by atoms with Crippen molar-refractivity contribution >= 4 is 0 Å².